The second-order valence-electron chi connectivity index (χ2n) is 6.79. The van der Waals surface area contributed by atoms with E-state index in [0.29, 0.717) is 32.8 Å². The SMILES string of the molecule is O=C(/C=C/c1ccc(-c2cccc(Cl)c2Cl)o1)NC(=S)Nc1cccc2cc(O)ccc12. The Morgan fingerprint density at radius 3 is 2.69 bits per heavy atom. The van der Waals surface area contributed by atoms with Crippen LogP contribution in [0.4, 0.5) is 5.69 Å². The molecule has 8 heteroatoms. The lowest BCUT2D eigenvalue weighted by Crippen LogP contribution is -2.32. The minimum absolute atomic E-state index is 0.145. The van der Waals surface area contributed by atoms with Gasteiger partial charge in [0.15, 0.2) is 5.11 Å². The van der Waals surface area contributed by atoms with Gasteiger partial charge in [-0.15, -0.1) is 0 Å². The number of phenolic OH excluding ortho intramolecular Hbond substituents is 1. The second-order valence-corrected chi connectivity index (χ2v) is 7.98. The molecule has 0 atom stereocenters. The average molecular weight is 483 g/mol. The molecule has 0 saturated carbocycles. The summed E-state index contributed by atoms with van der Waals surface area (Å²) < 4.78 is 5.74. The third-order valence-corrected chi connectivity index (χ3v) is 5.61. The molecule has 0 saturated heterocycles. The van der Waals surface area contributed by atoms with E-state index in [-0.39, 0.29) is 10.9 Å². The van der Waals surface area contributed by atoms with E-state index in [1.165, 1.54) is 12.2 Å². The van der Waals surface area contributed by atoms with E-state index in [9.17, 15) is 9.90 Å². The number of carbonyl (C=O) groups is 1. The molecule has 0 radical (unpaired) electrons. The van der Waals surface area contributed by atoms with Crippen molar-refractivity contribution in [3.63, 3.8) is 0 Å². The molecule has 0 unspecified atom stereocenters. The zero-order valence-electron chi connectivity index (χ0n) is 16.4. The highest BCUT2D eigenvalue weighted by atomic mass is 35.5. The van der Waals surface area contributed by atoms with Crippen LogP contribution in [0.25, 0.3) is 28.2 Å². The van der Waals surface area contributed by atoms with Gasteiger partial charge in [0.1, 0.15) is 17.3 Å². The van der Waals surface area contributed by atoms with Gasteiger partial charge < -0.3 is 14.8 Å². The number of fused-ring (bicyclic) bond motifs is 1. The quantitative estimate of drug-likeness (QED) is 0.224. The number of hydrogen-bond acceptors (Lipinski definition) is 4. The summed E-state index contributed by atoms with van der Waals surface area (Å²) in [6, 6.07) is 19.3. The van der Waals surface area contributed by atoms with Crippen LogP contribution in [0.2, 0.25) is 10.0 Å². The third-order valence-electron chi connectivity index (χ3n) is 4.59. The topological polar surface area (TPSA) is 74.5 Å². The maximum Gasteiger partial charge on any atom is 0.250 e. The van der Waals surface area contributed by atoms with Crippen molar-refractivity contribution in [1.82, 2.24) is 5.32 Å². The Morgan fingerprint density at radius 2 is 1.84 bits per heavy atom. The lowest BCUT2D eigenvalue weighted by molar-refractivity contribution is -0.115. The molecule has 3 N–H and O–H groups in total. The van der Waals surface area contributed by atoms with E-state index in [1.54, 1.807) is 48.5 Å². The lowest BCUT2D eigenvalue weighted by atomic mass is 10.1. The van der Waals surface area contributed by atoms with E-state index < -0.39 is 5.91 Å². The van der Waals surface area contributed by atoms with Crippen molar-refractivity contribution in [3.05, 3.63) is 88.6 Å². The number of benzene rings is 3. The molecule has 0 bridgehead atoms. The van der Waals surface area contributed by atoms with Gasteiger partial charge in [0.05, 0.1) is 10.0 Å². The Balaban J connectivity index is 1.40. The Kier molecular flexibility index (Phi) is 6.46. The summed E-state index contributed by atoms with van der Waals surface area (Å²) in [4.78, 5) is 12.3. The third kappa shape index (κ3) is 4.94. The molecule has 0 aliphatic carbocycles. The fourth-order valence-electron chi connectivity index (χ4n) is 3.13. The van der Waals surface area contributed by atoms with Crippen LogP contribution >= 0.6 is 35.4 Å². The molecule has 32 heavy (non-hydrogen) atoms. The second kappa shape index (κ2) is 9.44. The largest absolute Gasteiger partial charge is 0.508 e. The zero-order chi connectivity index (χ0) is 22.7. The van der Waals surface area contributed by atoms with Crippen LogP contribution in [-0.4, -0.2) is 16.1 Å². The highest BCUT2D eigenvalue weighted by Gasteiger charge is 2.11. The number of hydrogen-bond donors (Lipinski definition) is 3. The van der Waals surface area contributed by atoms with Crippen molar-refractivity contribution < 1.29 is 14.3 Å². The van der Waals surface area contributed by atoms with Gasteiger partial charge in [0, 0.05) is 22.7 Å². The van der Waals surface area contributed by atoms with Crippen molar-refractivity contribution in [3.8, 4) is 17.1 Å². The molecule has 1 heterocycles. The highest BCUT2D eigenvalue weighted by Crippen LogP contribution is 2.34. The summed E-state index contributed by atoms with van der Waals surface area (Å²) >= 11 is 17.5. The van der Waals surface area contributed by atoms with Gasteiger partial charge in [-0.1, -0.05) is 41.4 Å². The molecule has 3 aromatic carbocycles. The molecule has 4 aromatic rings. The molecule has 0 fully saturated rings. The monoisotopic (exact) mass is 482 g/mol. The van der Waals surface area contributed by atoms with Crippen molar-refractivity contribution in [2.45, 2.75) is 0 Å². The lowest BCUT2D eigenvalue weighted by Gasteiger charge is -2.11. The first kappa shape index (κ1) is 21.9. The number of amides is 1. The van der Waals surface area contributed by atoms with Gasteiger partial charge in [-0.05, 0) is 72.2 Å². The molecule has 0 aliphatic heterocycles. The predicted octanol–water partition coefficient (Wildman–Crippen LogP) is 6.64. The maximum absolute atomic E-state index is 12.3. The van der Waals surface area contributed by atoms with Crippen LogP contribution in [0.5, 0.6) is 5.75 Å². The van der Waals surface area contributed by atoms with E-state index >= 15 is 0 Å². The molecular weight excluding hydrogens is 467 g/mol. The van der Waals surface area contributed by atoms with Crippen molar-refractivity contribution in [2.75, 3.05) is 5.32 Å². The van der Waals surface area contributed by atoms with Gasteiger partial charge in [-0.3, -0.25) is 10.1 Å². The summed E-state index contributed by atoms with van der Waals surface area (Å²) in [5, 5.41) is 17.9. The average Bonchev–Trinajstić information content (AvgIpc) is 3.23. The minimum Gasteiger partial charge on any atom is -0.508 e. The first-order chi connectivity index (χ1) is 15.4. The van der Waals surface area contributed by atoms with Crippen molar-refractivity contribution in [1.29, 1.82) is 0 Å². The van der Waals surface area contributed by atoms with Crippen molar-refractivity contribution in [2.24, 2.45) is 0 Å². The standard InChI is InChI=1S/C24H16Cl2N2O3S/c25-19-5-2-4-18(23(19)26)21-11-8-16(31-21)9-12-22(30)28-24(32)27-20-6-1-3-14-13-15(29)7-10-17(14)20/h1-13,29H,(H2,27,28,30,32)/b12-9+. The molecule has 160 valence electrons. The molecule has 5 nitrogen and oxygen atoms in total. The van der Waals surface area contributed by atoms with Gasteiger partial charge in [-0.25, -0.2) is 0 Å². The van der Waals surface area contributed by atoms with Gasteiger partial charge in [0.2, 0.25) is 5.91 Å². The van der Waals surface area contributed by atoms with Crippen molar-refractivity contribution >= 4 is 69.0 Å². The molecule has 0 aliphatic rings. The normalized spacial score (nSPS) is 11.1. The number of phenols is 1. The van der Waals surface area contributed by atoms with Crippen LogP contribution in [0.15, 0.2) is 77.2 Å². The smallest absolute Gasteiger partial charge is 0.250 e. The van der Waals surface area contributed by atoms with E-state index in [4.69, 9.17) is 39.8 Å². The van der Waals surface area contributed by atoms with Gasteiger partial charge >= 0.3 is 0 Å². The zero-order valence-corrected chi connectivity index (χ0v) is 18.8. The Hall–Kier alpha value is -3.32. The van der Waals surface area contributed by atoms with Crippen LogP contribution in [0.1, 0.15) is 5.76 Å². The number of anilines is 1. The first-order valence-electron chi connectivity index (χ1n) is 9.47. The van der Waals surface area contributed by atoms with Gasteiger partial charge in [0.25, 0.3) is 0 Å². The summed E-state index contributed by atoms with van der Waals surface area (Å²) in [5.74, 6) is 0.768. The summed E-state index contributed by atoms with van der Waals surface area (Å²) in [7, 11) is 0. The van der Waals surface area contributed by atoms with Crippen LogP contribution in [0.3, 0.4) is 0 Å². The number of furan rings is 1. The number of thiocarbonyl (C=S) groups is 1. The van der Waals surface area contributed by atoms with Crippen LogP contribution in [-0.2, 0) is 4.79 Å². The molecule has 1 aromatic heterocycles. The minimum atomic E-state index is -0.417. The molecular formula is C24H16Cl2N2O3S. The summed E-state index contributed by atoms with van der Waals surface area (Å²) in [6.07, 6.45) is 2.85. The summed E-state index contributed by atoms with van der Waals surface area (Å²) in [6.45, 7) is 0. The first-order valence-corrected chi connectivity index (χ1v) is 10.6. The van der Waals surface area contributed by atoms with Crippen LogP contribution < -0.4 is 10.6 Å². The summed E-state index contributed by atoms with van der Waals surface area (Å²) in [5.41, 5.74) is 1.38. The highest BCUT2D eigenvalue weighted by molar-refractivity contribution is 7.80. The number of halogens is 2. The van der Waals surface area contributed by atoms with E-state index in [1.807, 2.05) is 18.2 Å². The van der Waals surface area contributed by atoms with E-state index in [0.717, 1.165) is 10.8 Å². The molecule has 0 spiro atoms. The molecule has 1 amide bonds. The Morgan fingerprint density at radius 1 is 1.03 bits per heavy atom. The number of carbonyl (C=O) groups excluding carboxylic acids is 1. The number of rotatable bonds is 4. The fourth-order valence-corrected chi connectivity index (χ4v) is 3.73. The Bertz CT molecular complexity index is 1360. The molecule has 4 rings (SSSR count). The maximum atomic E-state index is 12.3. The number of aromatic hydroxyl groups is 1. The van der Waals surface area contributed by atoms with E-state index in [2.05, 4.69) is 10.6 Å². The Labute approximate surface area is 199 Å². The fraction of sp³-hybridized carbons (Fsp3) is 0. The predicted molar refractivity (Wildman–Crippen MR) is 133 cm³/mol. The van der Waals surface area contributed by atoms with Gasteiger partial charge in [-0.2, -0.15) is 0 Å². The van der Waals surface area contributed by atoms with Crippen LogP contribution in [0, 0.1) is 0 Å². The number of nitrogens with one attached hydrogen (secondary N) is 2.